The second-order valence-electron chi connectivity index (χ2n) is 12.4. The van der Waals surface area contributed by atoms with Crippen LogP contribution in [0.3, 0.4) is 0 Å². The fourth-order valence-electron chi connectivity index (χ4n) is 8.40. The number of hydrogen-bond acceptors (Lipinski definition) is 7. The van der Waals surface area contributed by atoms with Gasteiger partial charge in [0.05, 0.1) is 23.5 Å². The maximum absolute atomic E-state index is 13.6. The van der Waals surface area contributed by atoms with Crippen LogP contribution in [0.4, 0.5) is 0 Å². The van der Waals surface area contributed by atoms with Crippen molar-refractivity contribution < 1.29 is 29.5 Å². The molecular formula is C30H35ClN2O6. The van der Waals surface area contributed by atoms with Gasteiger partial charge in [-0.05, 0) is 74.2 Å². The summed E-state index contributed by atoms with van der Waals surface area (Å²) in [6.45, 7) is 2.37. The second kappa shape index (κ2) is 8.74. The van der Waals surface area contributed by atoms with Crippen LogP contribution < -0.4 is 9.62 Å². The van der Waals surface area contributed by atoms with E-state index in [4.69, 9.17) is 14.5 Å². The fraction of sp³-hybridized carbons (Fsp3) is 0.567. The predicted octanol–water partition coefficient (Wildman–Crippen LogP) is 3.27. The first kappa shape index (κ1) is 25.4. The number of likely N-dealkylation sites (tertiary alicyclic amines) is 1. The van der Waals surface area contributed by atoms with E-state index in [-0.39, 0.29) is 42.6 Å². The molecule has 2 N–H and O–H groups in total. The van der Waals surface area contributed by atoms with E-state index in [2.05, 4.69) is 4.90 Å². The van der Waals surface area contributed by atoms with Crippen LogP contribution in [0.1, 0.15) is 54.4 Å². The average Bonchev–Trinajstić information content (AvgIpc) is 3.47. The number of piperidine rings is 1. The summed E-state index contributed by atoms with van der Waals surface area (Å²) in [5.74, 6) is 2.06. The Bertz CT molecular complexity index is 1350. The van der Waals surface area contributed by atoms with Crippen LogP contribution in [0, 0.1) is 5.92 Å². The van der Waals surface area contributed by atoms with Crippen LogP contribution in [0.5, 0.6) is 17.2 Å². The highest BCUT2D eigenvalue weighted by molar-refractivity contribution is 5.85. The van der Waals surface area contributed by atoms with Crippen molar-refractivity contribution in [1.29, 1.82) is 0 Å². The Hall–Kier alpha value is -2.52. The van der Waals surface area contributed by atoms with Crippen molar-refractivity contribution >= 4 is 18.3 Å². The minimum Gasteiger partial charge on any atom is -0.504 e. The van der Waals surface area contributed by atoms with Crippen molar-refractivity contribution in [3.05, 3.63) is 52.6 Å². The molecule has 3 heterocycles. The molecule has 208 valence electrons. The van der Waals surface area contributed by atoms with E-state index in [0.717, 1.165) is 48.5 Å². The van der Waals surface area contributed by atoms with Gasteiger partial charge >= 0.3 is 0 Å². The van der Waals surface area contributed by atoms with Crippen LogP contribution in [0.25, 0.3) is 0 Å². The molecule has 1 spiro atoms. The molecule has 8 rings (SSSR count). The molecule has 0 radical (unpaired) electrons. The number of fused-ring (bicyclic) bond motifs is 1. The summed E-state index contributed by atoms with van der Waals surface area (Å²) in [5, 5.41) is 23.5. The fourth-order valence-corrected chi connectivity index (χ4v) is 8.40. The highest BCUT2D eigenvalue weighted by Crippen LogP contribution is 2.66. The molecule has 6 aliphatic rings. The molecule has 0 unspecified atom stereocenters. The highest BCUT2D eigenvalue weighted by atomic mass is 35.5. The van der Waals surface area contributed by atoms with Gasteiger partial charge in [0, 0.05) is 30.8 Å². The number of nitrogens with zero attached hydrogens (tertiary/aromatic N) is 2. The van der Waals surface area contributed by atoms with E-state index in [1.54, 1.807) is 6.07 Å². The SMILES string of the molecule is CN(C(=O)Cc1ccc2c(c1)OOC2)[C@@H]1CC[C@@]2(O)[C@H]3Cc4ccc(O)c5c4[C@@]2(CCN3CC2CC2)[C@H]1O5.Cl. The van der Waals surface area contributed by atoms with Crippen LogP contribution in [-0.4, -0.2) is 69.8 Å². The number of amides is 1. The van der Waals surface area contributed by atoms with Gasteiger partial charge in [-0.1, -0.05) is 18.2 Å². The number of halogens is 1. The minimum absolute atomic E-state index is 0. The number of carbonyl (C=O) groups is 1. The molecule has 1 amide bonds. The Labute approximate surface area is 234 Å². The summed E-state index contributed by atoms with van der Waals surface area (Å²) >= 11 is 0. The molecule has 9 heteroatoms. The Morgan fingerprint density at radius 2 is 1.97 bits per heavy atom. The summed E-state index contributed by atoms with van der Waals surface area (Å²) in [6, 6.07) is 9.36. The summed E-state index contributed by atoms with van der Waals surface area (Å²) in [4.78, 5) is 28.2. The lowest BCUT2D eigenvalue weighted by Gasteiger charge is -2.64. The molecule has 8 nitrogen and oxygen atoms in total. The number of benzene rings is 2. The van der Waals surface area contributed by atoms with Gasteiger partial charge in [0.15, 0.2) is 17.2 Å². The smallest absolute Gasteiger partial charge is 0.227 e. The number of phenols is 1. The number of aliphatic hydroxyl groups is 1. The van der Waals surface area contributed by atoms with Crippen LogP contribution in [0.15, 0.2) is 30.3 Å². The molecule has 0 aromatic heterocycles. The number of carbonyl (C=O) groups excluding carboxylic acids is 1. The molecule has 3 aliphatic heterocycles. The standard InChI is InChI=1S/C30H34N2O6.ClH/c1-31(25(34)13-18-4-5-20-16-36-38-23(20)12-18)21-8-9-30(35)24-14-19-6-7-22(33)27-26(19)29(30,28(21)37-27)10-11-32(24)15-17-2-3-17;/h4-7,12,17,21,24,28,33,35H,2-3,8-11,13-16H2,1H3;1H/t21-,24-,28+,29+,30-;/m1./s1. The Morgan fingerprint density at radius 3 is 2.79 bits per heavy atom. The van der Waals surface area contributed by atoms with Crippen molar-refractivity contribution in [2.24, 2.45) is 5.92 Å². The first-order valence-corrected chi connectivity index (χ1v) is 14.0. The zero-order valence-corrected chi connectivity index (χ0v) is 22.9. The molecule has 2 aromatic rings. The third-order valence-corrected chi connectivity index (χ3v) is 10.5. The molecule has 2 aromatic carbocycles. The van der Waals surface area contributed by atoms with E-state index in [1.807, 2.05) is 36.2 Å². The Balaban J connectivity index is 0.00000253. The lowest BCUT2D eigenvalue weighted by Crippen LogP contribution is -2.78. The van der Waals surface area contributed by atoms with Crippen LogP contribution in [-0.2, 0) is 34.5 Å². The molecule has 2 bridgehead atoms. The third kappa shape index (κ3) is 3.44. The lowest BCUT2D eigenvalue weighted by molar-refractivity contribution is -0.200. The van der Waals surface area contributed by atoms with Crippen molar-refractivity contribution in [3.63, 3.8) is 0 Å². The normalized spacial score (nSPS) is 33.3. The topological polar surface area (TPSA) is 91.7 Å². The second-order valence-corrected chi connectivity index (χ2v) is 12.4. The van der Waals surface area contributed by atoms with E-state index in [0.29, 0.717) is 30.9 Å². The van der Waals surface area contributed by atoms with Gasteiger partial charge in [0.25, 0.3) is 0 Å². The summed E-state index contributed by atoms with van der Waals surface area (Å²) < 4.78 is 6.64. The van der Waals surface area contributed by atoms with Gasteiger partial charge in [0.2, 0.25) is 5.91 Å². The van der Waals surface area contributed by atoms with E-state index < -0.39 is 17.1 Å². The van der Waals surface area contributed by atoms with Crippen LogP contribution >= 0.6 is 12.4 Å². The predicted molar refractivity (Wildman–Crippen MR) is 144 cm³/mol. The number of phenolic OH excluding ortho intramolecular Hbond substituents is 1. The van der Waals surface area contributed by atoms with Crippen molar-refractivity contribution in [1.82, 2.24) is 9.80 Å². The number of ether oxygens (including phenoxy) is 1. The average molecular weight is 555 g/mol. The molecule has 3 fully saturated rings. The van der Waals surface area contributed by atoms with Crippen molar-refractivity contribution in [2.45, 2.75) is 80.8 Å². The number of rotatable bonds is 5. The molecule has 3 aliphatic carbocycles. The molecule has 2 saturated carbocycles. The van der Waals surface area contributed by atoms with Gasteiger partial charge in [-0.15, -0.1) is 12.4 Å². The zero-order chi connectivity index (χ0) is 25.8. The molecule has 39 heavy (non-hydrogen) atoms. The van der Waals surface area contributed by atoms with Gasteiger partial charge in [-0.25, -0.2) is 0 Å². The third-order valence-electron chi connectivity index (χ3n) is 10.5. The highest BCUT2D eigenvalue weighted by Gasteiger charge is 2.73. The maximum atomic E-state index is 13.6. The minimum atomic E-state index is -0.950. The van der Waals surface area contributed by atoms with Gasteiger partial charge in [-0.2, -0.15) is 4.89 Å². The largest absolute Gasteiger partial charge is 0.504 e. The number of hydrogen-bond donors (Lipinski definition) is 2. The van der Waals surface area contributed by atoms with Crippen molar-refractivity contribution in [2.75, 3.05) is 20.1 Å². The maximum Gasteiger partial charge on any atom is 0.227 e. The lowest BCUT2D eigenvalue weighted by atomic mass is 9.48. The monoisotopic (exact) mass is 554 g/mol. The Morgan fingerprint density at radius 1 is 1.15 bits per heavy atom. The van der Waals surface area contributed by atoms with Gasteiger partial charge in [0.1, 0.15) is 12.7 Å². The number of aromatic hydroxyl groups is 1. The molecular weight excluding hydrogens is 520 g/mol. The quantitative estimate of drug-likeness (QED) is 0.548. The molecule has 1 saturated heterocycles. The molecule has 5 atom stereocenters. The van der Waals surface area contributed by atoms with E-state index in [9.17, 15) is 15.0 Å². The van der Waals surface area contributed by atoms with Gasteiger partial charge < -0.3 is 24.7 Å². The zero-order valence-electron chi connectivity index (χ0n) is 22.1. The first-order valence-electron chi connectivity index (χ1n) is 14.0. The van der Waals surface area contributed by atoms with E-state index in [1.165, 1.54) is 18.4 Å². The first-order chi connectivity index (χ1) is 18.4. The van der Waals surface area contributed by atoms with E-state index >= 15 is 0 Å². The summed E-state index contributed by atoms with van der Waals surface area (Å²) in [5.41, 5.74) is 2.44. The summed E-state index contributed by atoms with van der Waals surface area (Å²) in [7, 11) is 1.86. The van der Waals surface area contributed by atoms with Crippen molar-refractivity contribution in [3.8, 4) is 17.2 Å². The Kier molecular flexibility index (Phi) is 5.70. The van der Waals surface area contributed by atoms with Crippen LogP contribution in [0.2, 0.25) is 0 Å². The van der Waals surface area contributed by atoms with Gasteiger partial charge in [-0.3, -0.25) is 9.69 Å². The number of likely N-dealkylation sites (N-methyl/N-ethyl adjacent to an activating group) is 1. The summed E-state index contributed by atoms with van der Waals surface area (Å²) in [6.07, 6.45) is 5.21.